The van der Waals surface area contributed by atoms with Gasteiger partial charge in [0.15, 0.2) is 0 Å². The Balaban J connectivity index is 3.95. The van der Waals surface area contributed by atoms with Crippen LogP contribution < -0.4 is 0 Å². The predicted octanol–water partition coefficient (Wildman–Crippen LogP) is 3.49. The van der Waals surface area contributed by atoms with Gasteiger partial charge in [0.25, 0.3) is 0 Å². The van der Waals surface area contributed by atoms with Crippen LogP contribution >= 0.6 is 0 Å². The zero-order valence-corrected chi connectivity index (χ0v) is 7.94. The minimum atomic E-state index is 0.636. The van der Waals surface area contributed by atoms with E-state index in [1.165, 1.54) is 5.57 Å². The summed E-state index contributed by atoms with van der Waals surface area (Å²) in [5.74, 6) is 2.03. The molecular weight excluding hydrogens is 120 g/mol. The Hall–Kier alpha value is -0.260. The van der Waals surface area contributed by atoms with Gasteiger partial charge in [-0.2, -0.15) is 0 Å². The summed E-state index contributed by atoms with van der Waals surface area (Å²) in [6.45, 7) is 15.2. The normalized spacial score (nSPS) is 14.3. The molecule has 0 amide bonds. The summed E-state index contributed by atoms with van der Waals surface area (Å²) in [6.07, 6.45) is 0. The van der Waals surface area contributed by atoms with Gasteiger partial charge in [-0.15, -0.1) is 0 Å². The fraction of sp³-hybridized carbons (Fsp3) is 0.800. The summed E-state index contributed by atoms with van der Waals surface area (Å²) in [5, 5.41) is 0. The van der Waals surface area contributed by atoms with Crippen LogP contribution in [0, 0.1) is 17.8 Å². The molecule has 0 bridgehead atoms. The van der Waals surface area contributed by atoms with Crippen LogP contribution in [0.1, 0.15) is 34.6 Å². The Morgan fingerprint density at radius 3 is 1.50 bits per heavy atom. The maximum atomic E-state index is 4.08. The molecule has 0 aromatic carbocycles. The van der Waals surface area contributed by atoms with Crippen LogP contribution in [0.5, 0.6) is 0 Å². The van der Waals surface area contributed by atoms with Gasteiger partial charge >= 0.3 is 0 Å². The van der Waals surface area contributed by atoms with Crippen LogP contribution in [-0.4, -0.2) is 0 Å². The summed E-state index contributed by atoms with van der Waals surface area (Å²) in [6, 6.07) is 0. The second-order valence-electron chi connectivity index (χ2n) is 3.76. The van der Waals surface area contributed by atoms with Crippen molar-refractivity contribution in [3.63, 3.8) is 0 Å². The third kappa shape index (κ3) is 2.55. The summed E-state index contributed by atoms with van der Waals surface area (Å²) in [7, 11) is 0. The molecule has 0 aromatic heterocycles. The van der Waals surface area contributed by atoms with Gasteiger partial charge in [-0.1, -0.05) is 46.8 Å². The van der Waals surface area contributed by atoms with Gasteiger partial charge in [-0.3, -0.25) is 0 Å². The van der Waals surface area contributed by atoms with Crippen molar-refractivity contribution in [2.45, 2.75) is 34.6 Å². The molecule has 0 fully saturated rings. The van der Waals surface area contributed by atoms with Crippen molar-refractivity contribution in [2.75, 3.05) is 0 Å². The van der Waals surface area contributed by atoms with Crippen molar-refractivity contribution in [1.82, 2.24) is 0 Å². The first-order valence-electron chi connectivity index (χ1n) is 4.15. The van der Waals surface area contributed by atoms with E-state index in [-0.39, 0.29) is 0 Å². The molecule has 0 nitrogen and oxygen atoms in total. The average Bonchev–Trinajstić information content (AvgIpc) is 1.84. The lowest BCUT2D eigenvalue weighted by Crippen LogP contribution is -2.10. The monoisotopic (exact) mass is 140 g/mol. The van der Waals surface area contributed by atoms with Gasteiger partial charge in [0.05, 0.1) is 0 Å². The summed E-state index contributed by atoms with van der Waals surface area (Å²) in [5.41, 5.74) is 1.38. The smallest absolute Gasteiger partial charge is 0.0209 e. The van der Waals surface area contributed by atoms with Crippen LogP contribution in [0.2, 0.25) is 0 Å². The van der Waals surface area contributed by atoms with E-state index >= 15 is 0 Å². The van der Waals surface area contributed by atoms with Crippen LogP contribution in [0.4, 0.5) is 0 Å². The van der Waals surface area contributed by atoms with Crippen molar-refractivity contribution < 1.29 is 0 Å². The second-order valence-corrected chi connectivity index (χ2v) is 3.76. The molecule has 1 atom stereocenters. The predicted molar refractivity (Wildman–Crippen MR) is 48.0 cm³/mol. The Labute approximate surface area is 65.3 Å². The highest BCUT2D eigenvalue weighted by molar-refractivity contribution is 5.02. The minimum absolute atomic E-state index is 0.636. The lowest BCUT2D eigenvalue weighted by molar-refractivity contribution is 0.445. The van der Waals surface area contributed by atoms with Gasteiger partial charge < -0.3 is 0 Å². The summed E-state index contributed by atoms with van der Waals surface area (Å²) >= 11 is 0. The lowest BCUT2D eigenvalue weighted by atomic mass is 9.85. The van der Waals surface area contributed by atoms with Crippen LogP contribution in [0.15, 0.2) is 12.2 Å². The third-order valence-corrected chi connectivity index (χ3v) is 2.33. The molecule has 60 valence electrons. The molecule has 0 N–H and O–H groups in total. The zero-order valence-electron chi connectivity index (χ0n) is 7.94. The van der Waals surface area contributed by atoms with Crippen molar-refractivity contribution >= 4 is 0 Å². The van der Waals surface area contributed by atoms with E-state index in [1.54, 1.807) is 0 Å². The minimum Gasteiger partial charge on any atom is -0.0993 e. The summed E-state index contributed by atoms with van der Waals surface area (Å²) in [4.78, 5) is 0. The molecule has 0 unspecified atom stereocenters. The van der Waals surface area contributed by atoms with Gasteiger partial charge in [0, 0.05) is 0 Å². The molecule has 0 aromatic rings. The first-order valence-corrected chi connectivity index (χ1v) is 4.15. The highest BCUT2D eigenvalue weighted by Crippen LogP contribution is 2.23. The number of allylic oxidation sites excluding steroid dienone is 1. The molecule has 0 spiro atoms. The van der Waals surface area contributed by atoms with Crippen molar-refractivity contribution in [3.8, 4) is 0 Å². The van der Waals surface area contributed by atoms with Crippen LogP contribution in [-0.2, 0) is 0 Å². The Bertz CT molecular complexity index is 109. The SMILES string of the molecule is C=C(C(C)C)[C@H](C)C(C)C. The molecule has 0 aliphatic rings. The fourth-order valence-corrected chi connectivity index (χ4v) is 0.954. The Kier molecular flexibility index (Phi) is 3.70. The maximum Gasteiger partial charge on any atom is -0.0209 e. The van der Waals surface area contributed by atoms with Crippen molar-refractivity contribution in [3.05, 3.63) is 12.2 Å². The van der Waals surface area contributed by atoms with Crippen LogP contribution in [0.3, 0.4) is 0 Å². The average molecular weight is 140 g/mol. The quantitative estimate of drug-likeness (QED) is 0.526. The Morgan fingerprint density at radius 1 is 1.00 bits per heavy atom. The number of rotatable bonds is 3. The van der Waals surface area contributed by atoms with E-state index < -0.39 is 0 Å². The van der Waals surface area contributed by atoms with Gasteiger partial charge in [0.1, 0.15) is 0 Å². The molecule has 10 heavy (non-hydrogen) atoms. The van der Waals surface area contributed by atoms with E-state index in [2.05, 4.69) is 41.2 Å². The standard InChI is InChI=1S/C10H20/c1-7(2)9(5)10(6)8(3)4/h7-8,10H,5H2,1-4,6H3/t10-/m1/s1. The number of hydrogen-bond donors (Lipinski definition) is 0. The lowest BCUT2D eigenvalue weighted by Gasteiger charge is -2.21. The topological polar surface area (TPSA) is 0 Å². The van der Waals surface area contributed by atoms with Gasteiger partial charge in [0.2, 0.25) is 0 Å². The molecule has 0 radical (unpaired) electrons. The molecule has 0 heterocycles. The van der Waals surface area contributed by atoms with E-state index in [0.29, 0.717) is 11.8 Å². The van der Waals surface area contributed by atoms with Gasteiger partial charge in [-0.05, 0) is 17.8 Å². The van der Waals surface area contributed by atoms with Crippen molar-refractivity contribution in [1.29, 1.82) is 0 Å². The third-order valence-electron chi connectivity index (χ3n) is 2.33. The fourth-order valence-electron chi connectivity index (χ4n) is 0.954. The number of hydrogen-bond acceptors (Lipinski definition) is 0. The molecule has 0 rings (SSSR count). The van der Waals surface area contributed by atoms with E-state index in [9.17, 15) is 0 Å². The Morgan fingerprint density at radius 2 is 1.40 bits per heavy atom. The van der Waals surface area contributed by atoms with Crippen molar-refractivity contribution in [2.24, 2.45) is 17.8 Å². The molecular formula is C10H20. The van der Waals surface area contributed by atoms with E-state index in [1.807, 2.05) is 0 Å². The largest absolute Gasteiger partial charge is 0.0993 e. The first-order chi connectivity index (χ1) is 4.46. The highest BCUT2D eigenvalue weighted by atomic mass is 14.2. The first kappa shape index (κ1) is 9.74. The van der Waals surface area contributed by atoms with E-state index in [4.69, 9.17) is 0 Å². The highest BCUT2D eigenvalue weighted by Gasteiger charge is 2.12. The van der Waals surface area contributed by atoms with E-state index in [0.717, 1.165) is 5.92 Å². The second kappa shape index (κ2) is 3.80. The molecule has 0 aliphatic carbocycles. The van der Waals surface area contributed by atoms with Gasteiger partial charge in [-0.25, -0.2) is 0 Å². The summed E-state index contributed by atoms with van der Waals surface area (Å²) < 4.78 is 0. The zero-order chi connectivity index (χ0) is 8.31. The molecule has 0 heteroatoms. The molecule has 0 saturated heterocycles. The molecule has 0 aliphatic heterocycles. The van der Waals surface area contributed by atoms with Crippen LogP contribution in [0.25, 0.3) is 0 Å². The molecule has 0 saturated carbocycles. The maximum absolute atomic E-state index is 4.08.